The molecule has 4 aromatic heterocycles. The lowest BCUT2D eigenvalue weighted by molar-refractivity contribution is -0.143. The molecular weight excluding hydrogens is 408 g/mol. The van der Waals surface area contributed by atoms with Gasteiger partial charge in [0.05, 0.1) is 17.9 Å². The molecule has 0 radical (unpaired) electrons. The maximum atomic E-state index is 12.4. The van der Waals surface area contributed by atoms with Crippen molar-refractivity contribution in [3.8, 4) is 17.0 Å². The molecule has 166 valence electrons. The maximum Gasteiger partial charge on any atom is 0.228 e. The van der Waals surface area contributed by atoms with Gasteiger partial charge in [-0.2, -0.15) is 9.97 Å². The van der Waals surface area contributed by atoms with E-state index in [1.54, 1.807) is 26.1 Å². The molecule has 0 aromatic carbocycles. The van der Waals surface area contributed by atoms with Gasteiger partial charge in [-0.3, -0.25) is 9.20 Å². The number of rotatable bonds is 5. The van der Waals surface area contributed by atoms with Crippen LogP contribution < -0.4 is 10.1 Å². The molecule has 1 aliphatic rings. The number of aryl methyl sites for hydroxylation is 1. The number of ether oxygens (including phenoxy) is 1. The molecule has 2 N–H and O–H groups in total. The molecule has 0 spiro atoms. The highest BCUT2D eigenvalue weighted by Crippen LogP contribution is 2.43. The highest BCUT2D eigenvalue weighted by molar-refractivity contribution is 5.97. The van der Waals surface area contributed by atoms with Crippen LogP contribution in [0.5, 0.6) is 5.88 Å². The van der Waals surface area contributed by atoms with Crippen molar-refractivity contribution in [3.05, 3.63) is 30.4 Å². The molecule has 0 unspecified atom stereocenters. The van der Waals surface area contributed by atoms with Crippen LogP contribution in [0.15, 0.2) is 24.5 Å². The molecular formula is C22H26N8O2. The van der Waals surface area contributed by atoms with Gasteiger partial charge < -0.3 is 19.9 Å². The summed E-state index contributed by atoms with van der Waals surface area (Å²) < 4.78 is 7.57. The monoisotopic (exact) mass is 434 g/mol. The molecule has 0 bridgehead atoms. The second-order valence-electron chi connectivity index (χ2n) is 8.89. The number of methoxy groups -OCH3 is 1. The minimum absolute atomic E-state index is 0.139. The van der Waals surface area contributed by atoms with Gasteiger partial charge in [0.2, 0.25) is 17.7 Å². The van der Waals surface area contributed by atoms with E-state index >= 15 is 0 Å². The van der Waals surface area contributed by atoms with Crippen LogP contribution in [0.25, 0.3) is 27.8 Å². The zero-order valence-corrected chi connectivity index (χ0v) is 18.8. The number of nitrogens with zero attached hydrogens (tertiary/aromatic N) is 6. The van der Waals surface area contributed by atoms with Gasteiger partial charge >= 0.3 is 0 Å². The van der Waals surface area contributed by atoms with Crippen molar-refractivity contribution in [1.82, 2.24) is 34.4 Å². The number of hydrogen-bond acceptors (Lipinski definition) is 7. The summed E-state index contributed by atoms with van der Waals surface area (Å²) >= 11 is 0. The van der Waals surface area contributed by atoms with Gasteiger partial charge in [-0.25, -0.2) is 0 Å². The Kier molecular flexibility index (Phi) is 4.54. The third-order valence-corrected chi connectivity index (χ3v) is 6.23. The minimum atomic E-state index is -0.339. The zero-order chi connectivity index (χ0) is 22.6. The van der Waals surface area contributed by atoms with Crippen LogP contribution in [0.4, 0.5) is 5.95 Å². The van der Waals surface area contributed by atoms with E-state index in [0.29, 0.717) is 17.5 Å². The predicted molar refractivity (Wildman–Crippen MR) is 121 cm³/mol. The summed E-state index contributed by atoms with van der Waals surface area (Å²) in [7, 11) is 5.19. The topological polar surface area (TPSA) is 113 Å². The van der Waals surface area contributed by atoms with Crippen molar-refractivity contribution in [3.63, 3.8) is 0 Å². The first kappa shape index (κ1) is 20.2. The van der Waals surface area contributed by atoms with E-state index < -0.39 is 0 Å². The predicted octanol–water partition coefficient (Wildman–Crippen LogP) is 2.65. The van der Waals surface area contributed by atoms with Crippen molar-refractivity contribution in [2.45, 2.75) is 32.7 Å². The quantitative estimate of drug-likeness (QED) is 0.496. The van der Waals surface area contributed by atoms with Crippen LogP contribution in [-0.4, -0.2) is 67.6 Å². The van der Waals surface area contributed by atoms with Crippen molar-refractivity contribution >= 4 is 28.5 Å². The fraction of sp³-hybridized carbons (Fsp3) is 0.409. The lowest BCUT2D eigenvalue weighted by atomic mass is 9.66. The summed E-state index contributed by atoms with van der Waals surface area (Å²) in [6, 6.07) is 4.06. The lowest BCUT2D eigenvalue weighted by Crippen LogP contribution is -2.52. The molecule has 0 aliphatic heterocycles. The molecule has 10 heteroatoms. The highest BCUT2D eigenvalue weighted by Gasteiger charge is 2.47. The van der Waals surface area contributed by atoms with E-state index in [1.165, 1.54) is 0 Å². The third kappa shape index (κ3) is 3.14. The first-order valence-corrected chi connectivity index (χ1v) is 10.5. The summed E-state index contributed by atoms with van der Waals surface area (Å²) in [5.74, 6) is 1.94. The summed E-state index contributed by atoms with van der Waals surface area (Å²) in [6.45, 7) is 3.92. The number of H-pyrrole nitrogens is 1. The Hall–Kier alpha value is -3.69. The van der Waals surface area contributed by atoms with Crippen LogP contribution in [0.1, 0.15) is 25.6 Å². The number of carbonyl (C=O) groups excluding carboxylic acids is 1. The van der Waals surface area contributed by atoms with Crippen molar-refractivity contribution in [1.29, 1.82) is 0 Å². The van der Waals surface area contributed by atoms with Crippen LogP contribution in [0.3, 0.4) is 0 Å². The number of fused-ring (bicyclic) bond motifs is 2. The molecule has 1 amide bonds. The number of anilines is 1. The number of carbonyl (C=O) groups is 1. The molecule has 4 aromatic rings. The van der Waals surface area contributed by atoms with Crippen LogP contribution in [-0.2, 0) is 4.79 Å². The number of hydrogen-bond donors (Lipinski definition) is 2. The van der Waals surface area contributed by atoms with E-state index in [9.17, 15) is 4.79 Å². The fourth-order valence-corrected chi connectivity index (χ4v) is 4.63. The van der Waals surface area contributed by atoms with E-state index in [0.717, 1.165) is 40.8 Å². The maximum absolute atomic E-state index is 12.4. The highest BCUT2D eigenvalue weighted by atomic mass is 16.5. The molecule has 1 saturated carbocycles. The van der Waals surface area contributed by atoms with E-state index in [1.807, 2.05) is 42.8 Å². The smallest absolute Gasteiger partial charge is 0.228 e. The number of nitrogens with one attached hydrogen (secondary N) is 2. The zero-order valence-electron chi connectivity index (χ0n) is 18.8. The lowest BCUT2D eigenvalue weighted by Gasteiger charge is -2.45. The van der Waals surface area contributed by atoms with Gasteiger partial charge in [0.15, 0.2) is 5.65 Å². The van der Waals surface area contributed by atoms with Crippen molar-refractivity contribution in [2.75, 3.05) is 26.5 Å². The Balaban J connectivity index is 1.44. The first-order chi connectivity index (χ1) is 15.3. The average Bonchev–Trinajstić information content (AvgIpc) is 3.34. The molecule has 0 atom stereocenters. The number of amides is 1. The van der Waals surface area contributed by atoms with Crippen LogP contribution in [0, 0.1) is 12.3 Å². The van der Waals surface area contributed by atoms with Gasteiger partial charge in [-0.15, -0.1) is 10.2 Å². The number of aromatic nitrogens is 6. The van der Waals surface area contributed by atoms with Crippen molar-refractivity contribution in [2.24, 2.45) is 5.41 Å². The molecule has 0 saturated heterocycles. The SMILES string of the molecule is COc1nc(N[C@H]2C[C@@](C)(C(=O)N(C)C)C2)nc2[nH]cc(-c3ccc4nnc(C)n4c3)c12. The fourth-order valence-electron chi connectivity index (χ4n) is 4.63. The summed E-state index contributed by atoms with van der Waals surface area (Å²) in [5, 5.41) is 12.4. The standard InChI is InChI=1S/C22H26N8O2/c1-12-27-28-16-7-6-13(11-30(12)16)15-10-23-18-17(15)19(32-5)26-21(25-18)24-14-8-22(2,9-14)20(31)29(3)4/h6-7,10-11,14H,8-9H2,1-5H3,(H2,23,24,25,26)/t14-,22+. The van der Waals surface area contributed by atoms with Crippen molar-refractivity contribution < 1.29 is 9.53 Å². The summed E-state index contributed by atoms with van der Waals surface area (Å²) in [5.41, 5.74) is 3.05. The Morgan fingerprint density at radius 2 is 2.06 bits per heavy atom. The van der Waals surface area contributed by atoms with Gasteiger partial charge in [0, 0.05) is 43.7 Å². The molecule has 4 heterocycles. The minimum Gasteiger partial charge on any atom is -0.480 e. The summed E-state index contributed by atoms with van der Waals surface area (Å²) in [4.78, 5) is 26.5. The van der Waals surface area contributed by atoms with Gasteiger partial charge in [-0.05, 0) is 31.9 Å². The second kappa shape index (κ2) is 7.18. The Bertz CT molecular complexity index is 1330. The summed E-state index contributed by atoms with van der Waals surface area (Å²) in [6.07, 6.45) is 5.38. The normalized spacial score (nSPS) is 20.3. The van der Waals surface area contributed by atoms with Crippen LogP contribution in [0.2, 0.25) is 0 Å². The van der Waals surface area contributed by atoms with E-state index in [4.69, 9.17) is 4.74 Å². The number of aromatic amines is 1. The van der Waals surface area contributed by atoms with E-state index in [2.05, 4.69) is 30.5 Å². The number of pyridine rings is 1. The Labute approximate surface area is 185 Å². The Morgan fingerprint density at radius 3 is 2.78 bits per heavy atom. The molecule has 10 nitrogen and oxygen atoms in total. The van der Waals surface area contributed by atoms with Gasteiger partial charge in [-0.1, -0.05) is 6.92 Å². The molecule has 1 fully saturated rings. The Morgan fingerprint density at radius 1 is 1.28 bits per heavy atom. The van der Waals surface area contributed by atoms with Gasteiger partial charge in [0.25, 0.3) is 0 Å². The average molecular weight is 435 g/mol. The van der Waals surface area contributed by atoms with Crippen LogP contribution >= 0.6 is 0 Å². The molecule has 1 aliphatic carbocycles. The second-order valence-corrected chi connectivity index (χ2v) is 8.89. The molecule has 5 rings (SSSR count). The first-order valence-electron chi connectivity index (χ1n) is 10.5. The largest absolute Gasteiger partial charge is 0.480 e. The third-order valence-electron chi connectivity index (χ3n) is 6.23. The van der Waals surface area contributed by atoms with Gasteiger partial charge in [0.1, 0.15) is 11.5 Å². The molecule has 32 heavy (non-hydrogen) atoms. The van der Waals surface area contributed by atoms with E-state index in [-0.39, 0.29) is 17.4 Å².